The van der Waals surface area contributed by atoms with Gasteiger partial charge in [-0.1, -0.05) is 29.8 Å². The van der Waals surface area contributed by atoms with Gasteiger partial charge in [0.2, 0.25) is 0 Å². The van der Waals surface area contributed by atoms with E-state index in [1.54, 1.807) is 16.7 Å². The van der Waals surface area contributed by atoms with Gasteiger partial charge in [0, 0.05) is 11.8 Å². The summed E-state index contributed by atoms with van der Waals surface area (Å²) >= 11 is 0. The number of hydrogen-bond acceptors (Lipinski definition) is 3. The highest BCUT2D eigenvalue weighted by Gasteiger charge is 2.20. The van der Waals surface area contributed by atoms with Gasteiger partial charge in [0.05, 0.1) is 0 Å². The highest BCUT2D eigenvalue weighted by molar-refractivity contribution is 5.96. The van der Waals surface area contributed by atoms with E-state index in [9.17, 15) is 15.0 Å². The lowest BCUT2D eigenvalue weighted by atomic mass is 10.1. The summed E-state index contributed by atoms with van der Waals surface area (Å²) in [7, 11) is 0. The van der Waals surface area contributed by atoms with Crippen molar-refractivity contribution < 1.29 is 15.0 Å². The van der Waals surface area contributed by atoms with Crippen molar-refractivity contribution in [2.24, 2.45) is 0 Å². The monoisotopic (exact) mass is 268 g/mol. The molecular formula is C15H12N2O3. The first-order chi connectivity index (χ1) is 9.58. The van der Waals surface area contributed by atoms with Crippen molar-refractivity contribution in [3.63, 3.8) is 0 Å². The van der Waals surface area contributed by atoms with Crippen molar-refractivity contribution >= 4 is 11.5 Å². The van der Waals surface area contributed by atoms with Crippen LogP contribution in [0.15, 0.2) is 42.6 Å². The molecule has 2 heterocycles. The molecule has 0 saturated heterocycles. The summed E-state index contributed by atoms with van der Waals surface area (Å²) in [5, 5.41) is 19.1. The van der Waals surface area contributed by atoms with Gasteiger partial charge in [0.1, 0.15) is 17.1 Å². The predicted octanol–water partition coefficient (Wildman–Crippen LogP) is 2.71. The van der Waals surface area contributed by atoms with E-state index in [1.165, 1.54) is 6.07 Å². The number of aromatic nitrogens is 2. The Morgan fingerprint density at radius 3 is 2.55 bits per heavy atom. The molecule has 0 spiro atoms. The largest absolute Gasteiger partial charge is 0.506 e. The molecule has 0 aliphatic carbocycles. The van der Waals surface area contributed by atoms with Gasteiger partial charge in [-0.25, -0.2) is 9.78 Å². The van der Waals surface area contributed by atoms with E-state index in [0.717, 1.165) is 11.1 Å². The molecule has 0 radical (unpaired) electrons. The van der Waals surface area contributed by atoms with Gasteiger partial charge < -0.3 is 10.2 Å². The molecule has 0 aliphatic heterocycles. The molecule has 0 aliphatic rings. The average molecular weight is 268 g/mol. The van der Waals surface area contributed by atoms with Crippen LogP contribution in [0.4, 0.5) is 0 Å². The third kappa shape index (κ3) is 1.80. The van der Waals surface area contributed by atoms with Crippen molar-refractivity contribution in [3.8, 4) is 17.1 Å². The van der Waals surface area contributed by atoms with E-state index >= 15 is 0 Å². The summed E-state index contributed by atoms with van der Waals surface area (Å²) < 4.78 is 1.59. The summed E-state index contributed by atoms with van der Waals surface area (Å²) in [5.74, 6) is -0.772. The Bertz CT molecular complexity index is 804. The summed E-state index contributed by atoms with van der Waals surface area (Å²) in [6, 6.07) is 10.7. The minimum absolute atomic E-state index is 0.101. The number of carboxylic acids is 1. The Hall–Kier alpha value is -2.82. The lowest BCUT2D eigenvalue weighted by Gasteiger charge is -2.02. The first-order valence-electron chi connectivity index (χ1n) is 6.08. The fourth-order valence-corrected chi connectivity index (χ4v) is 2.18. The molecule has 0 atom stereocenters. The van der Waals surface area contributed by atoms with Crippen molar-refractivity contribution in [3.05, 3.63) is 53.9 Å². The number of nitrogens with zero attached hydrogens (tertiary/aromatic N) is 2. The summed E-state index contributed by atoms with van der Waals surface area (Å²) in [4.78, 5) is 15.4. The van der Waals surface area contributed by atoms with Crippen LogP contribution in [0, 0.1) is 6.92 Å². The van der Waals surface area contributed by atoms with Crippen LogP contribution in [0.1, 0.15) is 16.1 Å². The zero-order chi connectivity index (χ0) is 14.3. The molecule has 0 bridgehead atoms. The third-order valence-electron chi connectivity index (χ3n) is 3.16. The van der Waals surface area contributed by atoms with Crippen molar-refractivity contribution in [2.45, 2.75) is 6.92 Å². The minimum Gasteiger partial charge on any atom is -0.506 e. The van der Waals surface area contributed by atoms with Crippen molar-refractivity contribution in [1.29, 1.82) is 0 Å². The van der Waals surface area contributed by atoms with Crippen LogP contribution in [0.2, 0.25) is 0 Å². The molecule has 5 nitrogen and oxygen atoms in total. The third-order valence-corrected chi connectivity index (χ3v) is 3.16. The molecular weight excluding hydrogens is 256 g/mol. The zero-order valence-corrected chi connectivity index (χ0v) is 10.7. The number of aromatic hydroxyl groups is 1. The number of carboxylic acid groups (broad SMARTS) is 1. The second kappa shape index (κ2) is 4.38. The van der Waals surface area contributed by atoms with Gasteiger partial charge in [0.15, 0.2) is 5.69 Å². The van der Waals surface area contributed by atoms with Gasteiger partial charge in [-0.15, -0.1) is 0 Å². The SMILES string of the molecule is Cc1ccc(-c2nc(C(=O)O)c3c(O)cccn23)cc1. The molecule has 2 aromatic heterocycles. The molecule has 5 heteroatoms. The van der Waals surface area contributed by atoms with Crippen LogP contribution < -0.4 is 0 Å². The number of aryl methyl sites for hydroxylation is 1. The Balaban J connectivity index is 2.34. The highest BCUT2D eigenvalue weighted by atomic mass is 16.4. The number of carbonyl (C=O) groups is 1. The van der Waals surface area contributed by atoms with Gasteiger partial charge >= 0.3 is 5.97 Å². The van der Waals surface area contributed by atoms with Crippen LogP contribution in [-0.2, 0) is 0 Å². The molecule has 100 valence electrons. The standard InChI is InChI=1S/C15H12N2O3/c1-9-4-6-10(7-5-9)14-16-12(15(19)20)13-11(18)3-2-8-17(13)14/h2-8,18H,1H3,(H,19,20). The number of hydrogen-bond donors (Lipinski definition) is 2. The fraction of sp³-hybridized carbons (Fsp3) is 0.0667. The van der Waals surface area contributed by atoms with E-state index in [-0.39, 0.29) is 17.0 Å². The number of rotatable bonds is 2. The second-order valence-electron chi connectivity index (χ2n) is 4.57. The molecule has 0 fully saturated rings. The van der Waals surface area contributed by atoms with Gasteiger partial charge in [0.25, 0.3) is 0 Å². The maximum Gasteiger partial charge on any atom is 0.356 e. The zero-order valence-electron chi connectivity index (χ0n) is 10.7. The average Bonchev–Trinajstić information content (AvgIpc) is 2.81. The number of imidazole rings is 1. The second-order valence-corrected chi connectivity index (χ2v) is 4.57. The number of pyridine rings is 1. The molecule has 2 N–H and O–H groups in total. The molecule has 3 aromatic rings. The first kappa shape index (κ1) is 12.2. The van der Waals surface area contributed by atoms with Crippen LogP contribution >= 0.6 is 0 Å². The van der Waals surface area contributed by atoms with E-state index in [4.69, 9.17) is 0 Å². The lowest BCUT2D eigenvalue weighted by Crippen LogP contribution is -1.97. The van der Waals surface area contributed by atoms with E-state index in [0.29, 0.717) is 5.82 Å². The van der Waals surface area contributed by atoms with Gasteiger partial charge in [-0.3, -0.25) is 4.40 Å². The molecule has 3 rings (SSSR count). The highest BCUT2D eigenvalue weighted by Crippen LogP contribution is 2.28. The van der Waals surface area contributed by atoms with Crippen LogP contribution in [0.5, 0.6) is 5.75 Å². The van der Waals surface area contributed by atoms with Gasteiger partial charge in [-0.2, -0.15) is 0 Å². The first-order valence-corrected chi connectivity index (χ1v) is 6.08. The van der Waals surface area contributed by atoms with Gasteiger partial charge in [-0.05, 0) is 19.1 Å². The van der Waals surface area contributed by atoms with Crippen molar-refractivity contribution in [1.82, 2.24) is 9.38 Å². The summed E-state index contributed by atoms with van der Waals surface area (Å²) in [5.41, 5.74) is 1.95. The molecule has 20 heavy (non-hydrogen) atoms. The van der Waals surface area contributed by atoms with E-state index in [1.807, 2.05) is 31.2 Å². The Kier molecular flexibility index (Phi) is 2.68. The minimum atomic E-state index is -1.16. The number of aromatic carboxylic acids is 1. The molecule has 0 saturated carbocycles. The molecule has 0 amide bonds. The Morgan fingerprint density at radius 2 is 1.90 bits per heavy atom. The van der Waals surface area contributed by atoms with Crippen molar-refractivity contribution in [2.75, 3.05) is 0 Å². The van der Waals surface area contributed by atoms with Crippen LogP contribution in [0.3, 0.4) is 0 Å². The topological polar surface area (TPSA) is 74.8 Å². The van der Waals surface area contributed by atoms with Crippen LogP contribution in [0.25, 0.3) is 16.9 Å². The van der Waals surface area contributed by atoms with E-state index < -0.39 is 5.97 Å². The summed E-state index contributed by atoms with van der Waals surface area (Å²) in [6.07, 6.45) is 1.68. The predicted molar refractivity (Wildman–Crippen MR) is 74.0 cm³/mol. The van der Waals surface area contributed by atoms with Crippen LogP contribution in [-0.4, -0.2) is 25.6 Å². The maximum absolute atomic E-state index is 11.3. The number of fused-ring (bicyclic) bond motifs is 1. The quantitative estimate of drug-likeness (QED) is 0.749. The maximum atomic E-state index is 11.3. The normalized spacial score (nSPS) is 10.8. The Morgan fingerprint density at radius 1 is 1.20 bits per heavy atom. The molecule has 1 aromatic carbocycles. The lowest BCUT2D eigenvalue weighted by molar-refractivity contribution is 0.0693. The Labute approximate surface area is 114 Å². The number of benzene rings is 1. The smallest absolute Gasteiger partial charge is 0.356 e. The summed E-state index contributed by atoms with van der Waals surface area (Å²) in [6.45, 7) is 1.97. The molecule has 0 unspecified atom stereocenters. The van der Waals surface area contributed by atoms with E-state index in [2.05, 4.69) is 4.98 Å². The fourth-order valence-electron chi connectivity index (χ4n) is 2.18.